The molecule has 2 aromatic heterocycles. The van der Waals surface area contributed by atoms with Gasteiger partial charge in [-0.25, -0.2) is 4.68 Å². The SMILES string of the molecule is C[C@H](Cc1cccs1)NC(=O)Cn1cnnn1. The minimum Gasteiger partial charge on any atom is -0.352 e. The first kappa shape index (κ1) is 11.7. The zero-order valence-corrected chi connectivity index (χ0v) is 10.2. The molecule has 1 amide bonds. The second-order valence-electron chi connectivity index (χ2n) is 3.76. The number of nitrogens with zero attached hydrogens (tertiary/aromatic N) is 4. The van der Waals surface area contributed by atoms with Crippen molar-refractivity contribution in [1.82, 2.24) is 25.5 Å². The van der Waals surface area contributed by atoms with E-state index in [0.29, 0.717) is 0 Å². The number of amides is 1. The molecule has 2 aromatic rings. The number of carbonyl (C=O) groups is 1. The highest BCUT2D eigenvalue weighted by Crippen LogP contribution is 2.10. The van der Waals surface area contributed by atoms with Crippen molar-refractivity contribution in [3.63, 3.8) is 0 Å². The van der Waals surface area contributed by atoms with Gasteiger partial charge in [-0.05, 0) is 28.8 Å². The Hall–Kier alpha value is -1.76. The highest BCUT2D eigenvalue weighted by Gasteiger charge is 2.09. The van der Waals surface area contributed by atoms with Crippen LogP contribution in [0.3, 0.4) is 0 Å². The van der Waals surface area contributed by atoms with Crippen molar-refractivity contribution in [3.8, 4) is 0 Å². The van der Waals surface area contributed by atoms with Crippen LogP contribution in [0.25, 0.3) is 0 Å². The van der Waals surface area contributed by atoms with Crippen molar-refractivity contribution in [1.29, 1.82) is 0 Å². The van der Waals surface area contributed by atoms with E-state index >= 15 is 0 Å². The molecule has 6 nitrogen and oxygen atoms in total. The van der Waals surface area contributed by atoms with Gasteiger partial charge in [-0.1, -0.05) is 6.07 Å². The summed E-state index contributed by atoms with van der Waals surface area (Å²) in [5, 5.41) is 15.5. The first-order valence-corrected chi connectivity index (χ1v) is 6.14. The van der Waals surface area contributed by atoms with E-state index in [1.165, 1.54) is 15.9 Å². The molecule has 0 radical (unpaired) electrons. The Labute approximate surface area is 103 Å². The van der Waals surface area contributed by atoms with Gasteiger partial charge in [0.1, 0.15) is 12.9 Å². The number of aromatic nitrogens is 4. The highest BCUT2D eigenvalue weighted by atomic mass is 32.1. The zero-order chi connectivity index (χ0) is 12.1. The first-order valence-electron chi connectivity index (χ1n) is 5.26. The van der Waals surface area contributed by atoms with Crippen molar-refractivity contribution < 1.29 is 4.79 Å². The van der Waals surface area contributed by atoms with Crippen LogP contribution in [0.15, 0.2) is 23.8 Å². The van der Waals surface area contributed by atoms with Gasteiger partial charge in [0.25, 0.3) is 0 Å². The van der Waals surface area contributed by atoms with Crippen molar-refractivity contribution in [2.75, 3.05) is 0 Å². The predicted molar refractivity (Wildman–Crippen MR) is 63.4 cm³/mol. The van der Waals surface area contributed by atoms with Crippen LogP contribution in [0, 0.1) is 0 Å². The molecule has 0 saturated heterocycles. The van der Waals surface area contributed by atoms with Crippen molar-refractivity contribution >= 4 is 17.2 Å². The highest BCUT2D eigenvalue weighted by molar-refractivity contribution is 7.09. The molecule has 0 unspecified atom stereocenters. The van der Waals surface area contributed by atoms with Gasteiger partial charge in [0.05, 0.1) is 0 Å². The van der Waals surface area contributed by atoms with Gasteiger partial charge in [-0.15, -0.1) is 16.4 Å². The van der Waals surface area contributed by atoms with E-state index in [9.17, 15) is 4.79 Å². The van der Waals surface area contributed by atoms with Crippen molar-refractivity contribution in [2.24, 2.45) is 0 Å². The Morgan fingerprint density at radius 3 is 3.18 bits per heavy atom. The van der Waals surface area contributed by atoms with Gasteiger partial charge in [0, 0.05) is 17.3 Å². The molecule has 17 heavy (non-hydrogen) atoms. The number of rotatable bonds is 5. The van der Waals surface area contributed by atoms with E-state index in [4.69, 9.17) is 0 Å². The molecule has 0 bridgehead atoms. The molecule has 0 fully saturated rings. The lowest BCUT2D eigenvalue weighted by molar-refractivity contribution is -0.122. The molecular weight excluding hydrogens is 238 g/mol. The monoisotopic (exact) mass is 251 g/mol. The maximum Gasteiger partial charge on any atom is 0.242 e. The summed E-state index contributed by atoms with van der Waals surface area (Å²) >= 11 is 1.69. The molecule has 0 aliphatic rings. The van der Waals surface area contributed by atoms with Crippen LogP contribution < -0.4 is 5.32 Å². The normalized spacial score (nSPS) is 12.3. The van der Waals surface area contributed by atoms with Gasteiger partial charge in [0.15, 0.2) is 0 Å². The van der Waals surface area contributed by atoms with E-state index < -0.39 is 0 Å². The van der Waals surface area contributed by atoms with Crippen molar-refractivity contribution in [2.45, 2.75) is 25.9 Å². The number of hydrogen-bond donors (Lipinski definition) is 1. The third-order valence-corrected chi connectivity index (χ3v) is 3.09. The average molecular weight is 251 g/mol. The van der Waals surface area contributed by atoms with Gasteiger partial charge in [-0.3, -0.25) is 4.79 Å². The fourth-order valence-corrected chi connectivity index (χ4v) is 2.34. The third kappa shape index (κ3) is 3.63. The molecule has 1 atom stereocenters. The topological polar surface area (TPSA) is 72.7 Å². The quantitative estimate of drug-likeness (QED) is 0.839. The van der Waals surface area contributed by atoms with Crippen LogP contribution in [0.1, 0.15) is 11.8 Å². The van der Waals surface area contributed by atoms with E-state index in [0.717, 1.165) is 6.42 Å². The molecule has 2 rings (SSSR count). The smallest absolute Gasteiger partial charge is 0.242 e. The Bertz CT molecular complexity index is 453. The number of carbonyl (C=O) groups excluding carboxylic acids is 1. The molecule has 0 aliphatic heterocycles. The summed E-state index contributed by atoms with van der Waals surface area (Å²) in [6.07, 6.45) is 2.27. The minimum absolute atomic E-state index is 0.0821. The van der Waals surface area contributed by atoms with Crippen LogP contribution in [-0.2, 0) is 17.8 Å². The number of thiophene rings is 1. The Morgan fingerprint density at radius 2 is 2.53 bits per heavy atom. The lowest BCUT2D eigenvalue weighted by atomic mass is 10.2. The lowest BCUT2D eigenvalue weighted by Gasteiger charge is -2.12. The molecule has 0 saturated carbocycles. The fourth-order valence-electron chi connectivity index (χ4n) is 1.50. The Balaban J connectivity index is 1.78. The minimum atomic E-state index is -0.0821. The zero-order valence-electron chi connectivity index (χ0n) is 9.41. The first-order chi connectivity index (χ1) is 8.24. The van der Waals surface area contributed by atoms with Gasteiger partial charge in [0.2, 0.25) is 5.91 Å². The number of hydrogen-bond acceptors (Lipinski definition) is 5. The number of nitrogens with one attached hydrogen (secondary N) is 1. The van der Waals surface area contributed by atoms with Crippen LogP contribution >= 0.6 is 11.3 Å². The predicted octanol–water partition coefficient (Wildman–Crippen LogP) is 0.482. The molecule has 2 heterocycles. The molecule has 90 valence electrons. The summed E-state index contributed by atoms with van der Waals surface area (Å²) in [5.41, 5.74) is 0. The summed E-state index contributed by atoms with van der Waals surface area (Å²) in [5.74, 6) is -0.0821. The molecule has 0 aromatic carbocycles. The third-order valence-electron chi connectivity index (χ3n) is 2.19. The number of tetrazole rings is 1. The summed E-state index contributed by atoms with van der Waals surface area (Å²) in [6.45, 7) is 2.14. The fraction of sp³-hybridized carbons (Fsp3) is 0.400. The summed E-state index contributed by atoms with van der Waals surface area (Å²) in [7, 11) is 0. The van der Waals surface area contributed by atoms with Crippen LogP contribution in [0.2, 0.25) is 0 Å². The van der Waals surface area contributed by atoms with Crippen molar-refractivity contribution in [3.05, 3.63) is 28.7 Å². The summed E-state index contributed by atoms with van der Waals surface area (Å²) in [6, 6.07) is 4.18. The molecule has 7 heteroatoms. The summed E-state index contributed by atoms with van der Waals surface area (Å²) < 4.78 is 1.40. The second-order valence-corrected chi connectivity index (χ2v) is 4.79. The van der Waals surface area contributed by atoms with E-state index in [2.05, 4.69) is 26.9 Å². The van der Waals surface area contributed by atoms with E-state index in [1.54, 1.807) is 11.3 Å². The van der Waals surface area contributed by atoms with Gasteiger partial charge < -0.3 is 5.32 Å². The molecule has 0 aliphatic carbocycles. The van der Waals surface area contributed by atoms with E-state index in [1.807, 2.05) is 18.4 Å². The Kier molecular flexibility index (Phi) is 3.81. The second kappa shape index (κ2) is 5.53. The van der Waals surface area contributed by atoms with Crippen LogP contribution in [-0.4, -0.2) is 32.2 Å². The van der Waals surface area contributed by atoms with Crippen LogP contribution in [0.5, 0.6) is 0 Å². The van der Waals surface area contributed by atoms with E-state index in [-0.39, 0.29) is 18.5 Å². The standard InChI is InChI=1S/C10H13N5OS/c1-8(5-9-3-2-4-17-9)12-10(16)6-15-7-11-13-14-15/h2-4,7-8H,5-6H2,1H3,(H,12,16)/t8-/m1/s1. The maximum atomic E-state index is 11.6. The maximum absolute atomic E-state index is 11.6. The summed E-state index contributed by atoms with van der Waals surface area (Å²) in [4.78, 5) is 12.9. The molecular formula is C10H13N5OS. The van der Waals surface area contributed by atoms with Gasteiger partial charge >= 0.3 is 0 Å². The molecule has 1 N–H and O–H groups in total. The molecule has 0 spiro atoms. The lowest BCUT2D eigenvalue weighted by Crippen LogP contribution is -2.36. The largest absolute Gasteiger partial charge is 0.352 e. The average Bonchev–Trinajstić information content (AvgIpc) is 2.90. The van der Waals surface area contributed by atoms with Gasteiger partial charge in [-0.2, -0.15) is 0 Å². The Morgan fingerprint density at radius 1 is 1.65 bits per heavy atom. The van der Waals surface area contributed by atoms with Crippen LogP contribution in [0.4, 0.5) is 0 Å².